The van der Waals surface area contributed by atoms with Gasteiger partial charge >= 0.3 is 5.97 Å². The topological polar surface area (TPSA) is 68.8 Å². The van der Waals surface area contributed by atoms with Crippen LogP contribution in [0.15, 0.2) is 59.8 Å². The lowest BCUT2D eigenvalue weighted by Crippen LogP contribution is -2.45. The molecule has 1 atom stereocenters. The zero-order valence-electron chi connectivity index (χ0n) is 16.7. The van der Waals surface area contributed by atoms with Gasteiger partial charge in [0.1, 0.15) is 6.61 Å². The molecule has 0 aliphatic carbocycles. The van der Waals surface area contributed by atoms with Gasteiger partial charge in [0, 0.05) is 5.70 Å². The fraction of sp³-hybridized carbons (Fsp3) is 0.273. The summed E-state index contributed by atoms with van der Waals surface area (Å²) in [6.07, 6.45) is 0. The number of thiocarbonyl (C=S) groups is 1. The van der Waals surface area contributed by atoms with E-state index in [1.54, 1.807) is 7.11 Å². The number of benzene rings is 2. The molecule has 2 N–H and O–H groups in total. The minimum Gasteiger partial charge on any atom is -0.493 e. The average Bonchev–Trinajstić information content (AvgIpc) is 2.72. The van der Waals surface area contributed by atoms with Crippen LogP contribution < -0.4 is 20.1 Å². The Morgan fingerprint density at radius 3 is 2.59 bits per heavy atom. The van der Waals surface area contributed by atoms with Gasteiger partial charge in [0.2, 0.25) is 0 Å². The van der Waals surface area contributed by atoms with E-state index in [0.717, 1.165) is 11.1 Å². The van der Waals surface area contributed by atoms with Crippen LogP contribution in [0.2, 0.25) is 0 Å². The summed E-state index contributed by atoms with van der Waals surface area (Å²) in [4.78, 5) is 12.9. The fourth-order valence-electron chi connectivity index (χ4n) is 3.15. The molecule has 0 saturated carbocycles. The van der Waals surface area contributed by atoms with Crippen molar-refractivity contribution in [2.45, 2.75) is 26.5 Å². The second kappa shape index (κ2) is 9.43. The molecule has 152 valence electrons. The SMILES string of the molecule is CCOc1ccc([C@@H]2NC(=S)NC(C)=C2C(=O)OCc2ccccc2)cc1OC. The van der Waals surface area contributed by atoms with Crippen LogP contribution in [0.4, 0.5) is 0 Å². The number of carbonyl (C=O) groups excluding carboxylic acids is 1. The normalized spacial score (nSPS) is 16.0. The Morgan fingerprint density at radius 1 is 1.14 bits per heavy atom. The fourth-order valence-corrected chi connectivity index (χ4v) is 3.42. The molecule has 0 aromatic heterocycles. The van der Waals surface area contributed by atoms with Gasteiger partial charge in [-0.25, -0.2) is 4.79 Å². The summed E-state index contributed by atoms with van der Waals surface area (Å²) in [7, 11) is 1.58. The summed E-state index contributed by atoms with van der Waals surface area (Å²) in [6, 6.07) is 14.7. The largest absolute Gasteiger partial charge is 0.493 e. The first-order chi connectivity index (χ1) is 14.0. The van der Waals surface area contributed by atoms with E-state index < -0.39 is 12.0 Å². The molecule has 29 heavy (non-hydrogen) atoms. The lowest BCUT2D eigenvalue weighted by atomic mass is 9.95. The Morgan fingerprint density at radius 2 is 1.90 bits per heavy atom. The van der Waals surface area contributed by atoms with Crippen LogP contribution in [0.3, 0.4) is 0 Å². The monoisotopic (exact) mass is 412 g/mol. The molecule has 0 fully saturated rings. The highest BCUT2D eigenvalue weighted by Gasteiger charge is 2.31. The minimum atomic E-state index is -0.461. The molecule has 3 rings (SSSR count). The number of carbonyl (C=O) groups is 1. The molecule has 2 aromatic rings. The average molecular weight is 413 g/mol. The Labute approximate surface area is 175 Å². The number of hydrogen-bond acceptors (Lipinski definition) is 5. The van der Waals surface area contributed by atoms with Gasteiger partial charge < -0.3 is 24.8 Å². The Balaban J connectivity index is 1.88. The van der Waals surface area contributed by atoms with Gasteiger partial charge in [-0.2, -0.15) is 0 Å². The predicted octanol–water partition coefficient (Wildman–Crippen LogP) is 3.63. The Kier molecular flexibility index (Phi) is 6.72. The summed E-state index contributed by atoms with van der Waals surface area (Å²) in [5.74, 6) is 0.820. The molecule has 0 spiro atoms. The van der Waals surface area contributed by atoms with Gasteiger partial charge in [-0.1, -0.05) is 36.4 Å². The summed E-state index contributed by atoms with van der Waals surface area (Å²) in [5.41, 5.74) is 2.87. The molecule has 2 aromatic carbocycles. The third kappa shape index (κ3) is 4.86. The highest BCUT2D eigenvalue weighted by atomic mass is 32.1. The molecule has 0 saturated heterocycles. The molecule has 6 nitrogen and oxygen atoms in total. The van der Waals surface area contributed by atoms with Crippen LogP contribution >= 0.6 is 12.2 Å². The molecule has 0 radical (unpaired) electrons. The van der Waals surface area contributed by atoms with Crippen molar-refractivity contribution >= 4 is 23.3 Å². The van der Waals surface area contributed by atoms with E-state index in [-0.39, 0.29) is 6.61 Å². The molecule has 0 unspecified atom stereocenters. The Hall–Kier alpha value is -3.06. The van der Waals surface area contributed by atoms with Crippen LogP contribution in [0.1, 0.15) is 31.0 Å². The smallest absolute Gasteiger partial charge is 0.338 e. The first-order valence-corrected chi connectivity index (χ1v) is 9.74. The van der Waals surface area contributed by atoms with E-state index >= 15 is 0 Å². The molecule has 1 aliphatic heterocycles. The first kappa shape index (κ1) is 20.7. The lowest BCUT2D eigenvalue weighted by molar-refractivity contribution is -0.140. The maximum Gasteiger partial charge on any atom is 0.338 e. The zero-order valence-corrected chi connectivity index (χ0v) is 17.5. The van der Waals surface area contributed by atoms with Crippen molar-refractivity contribution in [1.82, 2.24) is 10.6 Å². The van der Waals surface area contributed by atoms with Gasteiger partial charge in [-0.3, -0.25) is 0 Å². The second-order valence-electron chi connectivity index (χ2n) is 6.48. The van der Waals surface area contributed by atoms with E-state index in [1.165, 1.54) is 0 Å². The van der Waals surface area contributed by atoms with Gasteiger partial charge in [-0.15, -0.1) is 0 Å². The van der Waals surface area contributed by atoms with Crippen LogP contribution in [0.5, 0.6) is 11.5 Å². The summed E-state index contributed by atoms with van der Waals surface area (Å²) < 4.78 is 16.6. The summed E-state index contributed by atoms with van der Waals surface area (Å²) in [5, 5.41) is 6.62. The molecular formula is C22H24N2O4S. The van der Waals surface area contributed by atoms with E-state index in [9.17, 15) is 4.79 Å². The predicted molar refractivity (Wildman–Crippen MR) is 115 cm³/mol. The Bertz CT molecular complexity index is 928. The minimum absolute atomic E-state index is 0.195. The van der Waals surface area contributed by atoms with Crippen molar-refractivity contribution in [3.63, 3.8) is 0 Å². The maximum absolute atomic E-state index is 12.9. The summed E-state index contributed by atoms with van der Waals surface area (Å²) in [6.45, 7) is 4.44. The van der Waals surface area contributed by atoms with Crippen molar-refractivity contribution in [2.75, 3.05) is 13.7 Å². The lowest BCUT2D eigenvalue weighted by Gasteiger charge is -2.30. The van der Waals surface area contributed by atoms with E-state index in [4.69, 9.17) is 26.4 Å². The van der Waals surface area contributed by atoms with Crippen molar-refractivity contribution in [2.24, 2.45) is 0 Å². The first-order valence-electron chi connectivity index (χ1n) is 9.33. The van der Waals surface area contributed by atoms with Crippen molar-refractivity contribution in [3.8, 4) is 11.5 Å². The highest BCUT2D eigenvalue weighted by Crippen LogP contribution is 2.34. The standard InChI is InChI=1S/C22H24N2O4S/c1-4-27-17-11-10-16(12-18(17)26-3)20-19(14(2)23-22(29)24-20)21(25)28-13-15-8-6-5-7-9-15/h5-12,20H,4,13H2,1-3H3,(H2,23,24,29)/t20-/m0/s1. The maximum atomic E-state index is 12.9. The third-order valence-corrected chi connectivity index (χ3v) is 4.74. The van der Waals surface area contributed by atoms with Gasteiger partial charge in [0.25, 0.3) is 0 Å². The number of rotatable bonds is 7. The molecule has 1 aliphatic rings. The van der Waals surface area contributed by atoms with Gasteiger partial charge in [0.05, 0.1) is 25.3 Å². The molecule has 7 heteroatoms. The third-order valence-electron chi connectivity index (χ3n) is 4.52. The van der Waals surface area contributed by atoms with E-state index in [1.807, 2.05) is 62.4 Å². The zero-order chi connectivity index (χ0) is 20.8. The molecular weight excluding hydrogens is 388 g/mol. The van der Waals surface area contributed by atoms with E-state index in [2.05, 4.69) is 10.6 Å². The second-order valence-corrected chi connectivity index (χ2v) is 6.88. The quantitative estimate of drug-likeness (QED) is 0.532. The van der Waals surface area contributed by atoms with Crippen molar-refractivity contribution in [3.05, 3.63) is 70.9 Å². The van der Waals surface area contributed by atoms with Crippen LogP contribution in [-0.4, -0.2) is 24.8 Å². The number of allylic oxidation sites excluding steroid dienone is 1. The molecule has 0 amide bonds. The van der Waals surface area contributed by atoms with Crippen molar-refractivity contribution < 1.29 is 19.0 Å². The number of nitrogens with one attached hydrogen (secondary N) is 2. The van der Waals surface area contributed by atoms with Crippen molar-refractivity contribution in [1.29, 1.82) is 0 Å². The molecule has 0 bridgehead atoms. The van der Waals surface area contributed by atoms with Gasteiger partial charge in [0.15, 0.2) is 16.6 Å². The number of hydrogen-bond donors (Lipinski definition) is 2. The van der Waals surface area contributed by atoms with Crippen LogP contribution in [-0.2, 0) is 16.1 Å². The summed E-state index contributed by atoms with van der Waals surface area (Å²) >= 11 is 5.30. The number of esters is 1. The van der Waals surface area contributed by atoms with Crippen LogP contribution in [0.25, 0.3) is 0 Å². The number of methoxy groups -OCH3 is 1. The van der Waals surface area contributed by atoms with Gasteiger partial charge in [-0.05, 0) is 49.3 Å². The van der Waals surface area contributed by atoms with E-state index in [0.29, 0.717) is 34.5 Å². The highest BCUT2D eigenvalue weighted by molar-refractivity contribution is 7.80. The van der Waals surface area contributed by atoms with Crippen LogP contribution in [0, 0.1) is 0 Å². The number of ether oxygens (including phenoxy) is 3. The molecule has 1 heterocycles.